The zero-order valence-corrected chi connectivity index (χ0v) is 10.1. The van der Waals surface area contributed by atoms with Gasteiger partial charge < -0.3 is 10.2 Å². The molecule has 0 spiro atoms. The first-order chi connectivity index (χ1) is 8.45. The molecule has 1 aromatic carbocycles. The highest BCUT2D eigenvalue weighted by molar-refractivity contribution is 5.81. The van der Waals surface area contributed by atoms with Crippen LogP contribution in [0.15, 0.2) is 18.2 Å². The molecular formula is C11H14FN3O3. The van der Waals surface area contributed by atoms with Gasteiger partial charge in [0.2, 0.25) is 5.91 Å². The highest BCUT2D eigenvalue weighted by Crippen LogP contribution is 2.24. The molecule has 0 aliphatic carbocycles. The van der Waals surface area contributed by atoms with Gasteiger partial charge in [0.05, 0.1) is 11.5 Å². The molecule has 0 heterocycles. The first-order valence-electron chi connectivity index (χ1n) is 5.37. The van der Waals surface area contributed by atoms with E-state index in [9.17, 15) is 19.3 Å². The molecule has 0 saturated heterocycles. The van der Waals surface area contributed by atoms with Crippen molar-refractivity contribution in [2.24, 2.45) is 0 Å². The fourth-order valence-corrected chi connectivity index (χ4v) is 1.29. The molecule has 0 aliphatic heterocycles. The van der Waals surface area contributed by atoms with E-state index in [1.54, 1.807) is 7.05 Å². The molecule has 6 nitrogen and oxygen atoms in total. The summed E-state index contributed by atoms with van der Waals surface area (Å²) in [5.41, 5.74) is -0.263. The number of nitrogens with zero attached hydrogens (tertiary/aromatic N) is 2. The van der Waals surface area contributed by atoms with Crippen molar-refractivity contribution < 1.29 is 14.1 Å². The van der Waals surface area contributed by atoms with Crippen molar-refractivity contribution in [3.63, 3.8) is 0 Å². The molecular weight excluding hydrogens is 241 g/mol. The van der Waals surface area contributed by atoms with Crippen LogP contribution in [0.2, 0.25) is 0 Å². The van der Waals surface area contributed by atoms with Crippen molar-refractivity contribution in [1.82, 2.24) is 4.90 Å². The monoisotopic (exact) mass is 255 g/mol. The Morgan fingerprint density at radius 1 is 1.56 bits per heavy atom. The van der Waals surface area contributed by atoms with E-state index in [4.69, 9.17) is 0 Å². The van der Waals surface area contributed by atoms with Crippen LogP contribution in [0.25, 0.3) is 0 Å². The van der Waals surface area contributed by atoms with Gasteiger partial charge in [-0.3, -0.25) is 14.9 Å². The Morgan fingerprint density at radius 3 is 2.78 bits per heavy atom. The largest absolute Gasteiger partial charge is 0.370 e. The van der Waals surface area contributed by atoms with Crippen LogP contribution in [-0.4, -0.2) is 35.9 Å². The molecule has 0 radical (unpaired) electrons. The standard InChI is InChI=1S/C11H14FN3O3/c1-3-14(2)11(16)7-13-9-6-8(12)4-5-10(9)15(17)18/h4-6,13H,3,7H2,1-2H3. The topological polar surface area (TPSA) is 75.5 Å². The number of anilines is 1. The smallest absolute Gasteiger partial charge is 0.292 e. The van der Waals surface area contributed by atoms with Gasteiger partial charge in [0.1, 0.15) is 11.5 Å². The molecule has 18 heavy (non-hydrogen) atoms. The Labute approximate surface area is 104 Å². The number of rotatable bonds is 5. The molecule has 0 aliphatic rings. The van der Waals surface area contributed by atoms with Crippen LogP contribution < -0.4 is 5.32 Å². The lowest BCUT2D eigenvalue weighted by Gasteiger charge is -2.15. The van der Waals surface area contributed by atoms with E-state index in [1.807, 2.05) is 6.92 Å². The third kappa shape index (κ3) is 3.41. The average Bonchev–Trinajstić information content (AvgIpc) is 2.34. The summed E-state index contributed by atoms with van der Waals surface area (Å²) in [6.07, 6.45) is 0. The number of halogens is 1. The Kier molecular flexibility index (Phi) is 4.59. The van der Waals surface area contributed by atoms with Gasteiger partial charge in [-0.15, -0.1) is 0 Å². The zero-order chi connectivity index (χ0) is 13.7. The Bertz CT molecular complexity index is 465. The fourth-order valence-electron chi connectivity index (χ4n) is 1.29. The Hall–Kier alpha value is -2.18. The van der Waals surface area contributed by atoms with Crippen LogP contribution in [0.4, 0.5) is 15.8 Å². The number of benzene rings is 1. The lowest BCUT2D eigenvalue weighted by atomic mass is 10.2. The second kappa shape index (κ2) is 5.95. The van der Waals surface area contributed by atoms with E-state index in [1.165, 1.54) is 4.90 Å². The van der Waals surface area contributed by atoms with E-state index in [-0.39, 0.29) is 23.8 Å². The SMILES string of the molecule is CCN(C)C(=O)CNc1cc(F)ccc1[N+](=O)[O-]. The minimum absolute atomic E-state index is 0.00199. The van der Waals surface area contributed by atoms with Crippen molar-refractivity contribution in [2.45, 2.75) is 6.92 Å². The van der Waals surface area contributed by atoms with Gasteiger partial charge in [0.15, 0.2) is 0 Å². The predicted molar refractivity (Wildman–Crippen MR) is 64.9 cm³/mol. The summed E-state index contributed by atoms with van der Waals surface area (Å²) in [4.78, 5) is 23.1. The Morgan fingerprint density at radius 2 is 2.22 bits per heavy atom. The summed E-state index contributed by atoms with van der Waals surface area (Å²) in [5.74, 6) is -0.824. The summed E-state index contributed by atoms with van der Waals surface area (Å²) in [7, 11) is 1.62. The van der Waals surface area contributed by atoms with Crippen LogP contribution in [-0.2, 0) is 4.79 Å². The number of hydrogen-bond donors (Lipinski definition) is 1. The van der Waals surface area contributed by atoms with Gasteiger partial charge in [-0.25, -0.2) is 4.39 Å². The minimum Gasteiger partial charge on any atom is -0.370 e. The lowest BCUT2D eigenvalue weighted by molar-refractivity contribution is -0.384. The number of nitro groups is 1. The quantitative estimate of drug-likeness (QED) is 0.640. The van der Waals surface area contributed by atoms with E-state index in [0.29, 0.717) is 6.54 Å². The number of nitro benzene ring substituents is 1. The number of hydrogen-bond acceptors (Lipinski definition) is 4. The van der Waals surface area contributed by atoms with Gasteiger partial charge in [-0.1, -0.05) is 0 Å². The molecule has 0 unspecified atom stereocenters. The van der Waals surface area contributed by atoms with Gasteiger partial charge in [-0.05, 0) is 13.0 Å². The normalized spacial score (nSPS) is 9.94. The molecule has 98 valence electrons. The van der Waals surface area contributed by atoms with Crippen LogP contribution >= 0.6 is 0 Å². The van der Waals surface area contributed by atoms with Crippen molar-refractivity contribution in [1.29, 1.82) is 0 Å². The summed E-state index contributed by atoms with van der Waals surface area (Å²) in [5, 5.41) is 13.3. The third-order valence-electron chi connectivity index (χ3n) is 2.49. The van der Waals surface area contributed by atoms with Gasteiger partial charge in [0, 0.05) is 25.7 Å². The molecule has 1 amide bonds. The molecule has 1 N–H and O–H groups in total. The maximum atomic E-state index is 13.0. The van der Waals surface area contributed by atoms with Crippen LogP contribution in [0.3, 0.4) is 0 Å². The van der Waals surface area contributed by atoms with Gasteiger partial charge in [0.25, 0.3) is 5.69 Å². The van der Waals surface area contributed by atoms with E-state index < -0.39 is 10.7 Å². The molecule has 0 saturated carbocycles. The van der Waals surface area contributed by atoms with E-state index >= 15 is 0 Å². The molecule has 0 bridgehead atoms. The summed E-state index contributed by atoms with van der Waals surface area (Å²) >= 11 is 0. The molecule has 0 fully saturated rings. The van der Waals surface area contributed by atoms with Crippen molar-refractivity contribution in [3.05, 3.63) is 34.1 Å². The van der Waals surface area contributed by atoms with Crippen LogP contribution in [0.5, 0.6) is 0 Å². The highest BCUT2D eigenvalue weighted by Gasteiger charge is 2.15. The number of amides is 1. The van der Waals surface area contributed by atoms with E-state index in [2.05, 4.69) is 5.32 Å². The minimum atomic E-state index is -0.629. The first kappa shape index (κ1) is 13.9. The van der Waals surface area contributed by atoms with Crippen LogP contribution in [0, 0.1) is 15.9 Å². The number of carbonyl (C=O) groups excluding carboxylic acids is 1. The number of carbonyl (C=O) groups is 1. The highest BCUT2D eigenvalue weighted by atomic mass is 19.1. The second-order valence-electron chi connectivity index (χ2n) is 3.68. The van der Waals surface area contributed by atoms with Crippen molar-refractivity contribution in [2.75, 3.05) is 25.5 Å². The van der Waals surface area contributed by atoms with Gasteiger partial charge in [-0.2, -0.15) is 0 Å². The van der Waals surface area contributed by atoms with Crippen molar-refractivity contribution in [3.8, 4) is 0 Å². The fraction of sp³-hybridized carbons (Fsp3) is 0.364. The maximum Gasteiger partial charge on any atom is 0.292 e. The number of likely N-dealkylation sites (N-methyl/N-ethyl adjacent to an activating group) is 1. The summed E-state index contributed by atoms with van der Waals surface area (Å²) in [6, 6.07) is 3.06. The molecule has 1 rings (SSSR count). The zero-order valence-electron chi connectivity index (χ0n) is 10.1. The third-order valence-corrected chi connectivity index (χ3v) is 2.49. The summed E-state index contributed by atoms with van der Waals surface area (Å²) < 4.78 is 13.0. The molecule has 7 heteroatoms. The first-order valence-corrected chi connectivity index (χ1v) is 5.37. The van der Waals surface area contributed by atoms with Gasteiger partial charge >= 0.3 is 0 Å². The van der Waals surface area contributed by atoms with Crippen molar-refractivity contribution >= 4 is 17.3 Å². The maximum absolute atomic E-state index is 13.0. The summed E-state index contributed by atoms with van der Waals surface area (Å²) in [6.45, 7) is 2.23. The number of nitrogens with one attached hydrogen (secondary N) is 1. The predicted octanol–water partition coefficient (Wildman–Crippen LogP) is 1.62. The lowest BCUT2D eigenvalue weighted by Crippen LogP contribution is -2.32. The molecule has 1 aromatic rings. The second-order valence-corrected chi connectivity index (χ2v) is 3.68. The average molecular weight is 255 g/mol. The molecule has 0 aromatic heterocycles. The molecule has 0 atom stereocenters. The Balaban J connectivity index is 2.81. The van der Waals surface area contributed by atoms with E-state index in [0.717, 1.165) is 18.2 Å². The van der Waals surface area contributed by atoms with Crippen LogP contribution in [0.1, 0.15) is 6.92 Å².